The van der Waals surface area contributed by atoms with E-state index in [4.69, 9.17) is 11.6 Å². The van der Waals surface area contributed by atoms with Gasteiger partial charge in [-0.15, -0.1) is 11.3 Å². The maximum absolute atomic E-state index is 13.3. The molecule has 6 heteroatoms. The van der Waals surface area contributed by atoms with Crippen molar-refractivity contribution in [3.05, 3.63) is 40.5 Å². The lowest BCUT2D eigenvalue weighted by Crippen LogP contribution is -1.98. The summed E-state index contributed by atoms with van der Waals surface area (Å²) in [5.74, 6) is 0.896. The van der Waals surface area contributed by atoms with E-state index >= 15 is 0 Å². The van der Waals surface area contributed by atoms with Crippen LogP contribution in [0.5, 0.6) is 0 Å². The molecule has 3 aromatic rings. The van der Waals surface area contributed by atoms with E-state index in [2.05, 4.69) is 15.3 Å². The summed E-state index contributed by atoms with van der Waals surface area (Å²) in [6, 6.07) is 8.11. The molecular formula is C13H9ClFN3S. The van der Waals surface area contributed by atoms with Crippen molar-refractivity contribution in [1.29, 1.82) is 0 Å². The third kappa shape index (κ3) is 2.27. The van der Waals surface area contributed by atoms with Crippen molar-refractivity contribution in [1.82, 2.24) is 9.97 Å². The minimum Gasteiger partial charge on any atom is -0.373 e. The smallest absolute Gasteiger partial charge is 0.172 e. The van der Waals surface area contributed by atoms with Gasteiger partial charge in [-0.2, -0.15) is 0 Å². The summed E-state index contributed by atoms with van der Waals surface area (Å²) >= 11 is 7.31. The van der Waals surface area contributed by atoms with E-state index in [1.54, 1.807) is 19.2 Å². The molecule has 0 atom stereocenters. The third-order valence-electron chi connectivity index (χ3n) is 2.69. The van der Waals surface area contributed by atoms with Crippen molar-refractivity contribution in [3.8, 4) is 10.7 Å². The van der Waals surface area contributed by atoms with E-state index < -0.39 is 0 Å². The number of rotatable bonds is 2. The second-order valence-electron chi connectivity index (χ2n) is 3.91. The highest BCUT2D eigenvalue weighted by atomic mass is 35.5. The quantitative estimate of drug-likeness (QED) is 0.770. The van der Waals surface area contributed by atoms with Gasteiger partial charge in [0.1, 0.15) is 11.6 Å². The number of aromatic nitrogens is 2. The van der Waals surface area contributed by atoms with Crippen LogP contribution in [0.4, 0.5) is 10.2 Å². The number of benzene rings is 1. The van der Waals surface area contributed by atoms with E-state index in [-0.39, 0.29) is 5.82 Å². The van der Waals surface area contributed by atoms with Gasteiger partial charge in [0, 0.05) is 18.5 Å². The number of nitrogens with zero attached hydrogens (tertiary/aromatic N) is 2. The van der Waals surface area contributed by atoms with Crippen LogP contribution in [0.1, 0.15) is 0 Å². The normalized spacial score (nSPS) is 10.9. The molecule has 1 N–H and O–H groups in total. The third-order valence-corrected chi connectivity index (χ3v) is 3.92. The van der Waals surface area contributed by atoms with Crippen molar-refractivity contribution < 1.29 is 4.39 Å². The highest BCUT2D eigenvalue weighted by molar-refractivity contribution is 7.19. The first kappa shape index (κ1) is 12.3. The van der Waals surface area contributed by atoms with Crippen LogP contribution in [-0.2, 0) is 0 Å². The lowest BCUT2D eigenvalue weighted by atomic mass is 10.2. The number of hydrogen-bond acceptors (Lipinski definition) is 4. The molecule has 2 heterocycles. The standard InChI is InChI=1S/C13H9ClFN3S/c1-16-12-8-3-2-7(15)6-9(8)17-13(18-12)10-4-5-11(14)19-10/h2-6H,1H3,(H,16,17,18). The fourth-order valence-corrected chi connectivity index (χ4v) is 2.82. The van der Waals surface area contributed by atoms with Crippen LogP contribution in [0, 0.1) is 5.82 Å². The van der Waals surface area contributed by atoms with Gasteiger partial charge in [-0.25, -0.2) is 14.4 Å². The zero-order valence-corrected chi connectivity index (χ0v) is 11.5. The van der Waals surface area contributed by atoms with Crippen LogP contribution >= 0.6 is 22.9 Å². The SMILES string of the molecule is CNc1nc(-c2ccc(Cl)s2)nc2cc(F)ccc12. The zero-order valence-electron chi connectivity index (χ0n) is 9.95. The molecule has 0 bridgehead atoms. The molecule has 0 saturated carbocycles. The average Bonchev–Trinajstić information content (AvgIpc) is 2.83. The minimum absolute atomic E-state index is 0.316. The molecule has 0 spiro atoms. The molecule has 3 rings (SSSR count). The van der Waals surface area contributed by atoms with Crippen LogP contribution in [0.25, 0.3) is 21.6 Å². The number of halogens is 2. The maximum Gasteiger partial charge on any atom is 0.172 e. The first-order chi connectivity index (χ1) is 9.17. The molecule has 0 fully saturated rings. The van der Waals surface area contributed by atoms with Crippen molar-refractivity contribution in [2.45, 2.75) is 0 Å². The van der Waals surface area contributed by atoms with E-state index in [1.807, 2.05) is 6.07 Å². The predicted molar refractivity (Wildman–Crippen MR) is 77.4 cm³/mol. The molecule has 1 aromatic carbocycles. The molecule has 0 radical (unpaired) electrons. The summed E-state index contributed by atoms with van der Waals surface area (Å²) in [5.41, 5.74) is 0.568. The van der Waals surface area contributed by atoms with Gasteiger partial charge in [0.2, 0.25) is 0 Å². The van der Waals surface area contributed by atoms with Crippen LogP contribution < -0.4 is 5.32 Å². The lowest BCUT2D eigenvalue weighted by Gasteiger charge is -2.07. The first-order valence-corrected chi connectivity index (χ1v) is 6.77. The highest BCUT2D eigenvalue weighted by Crippen LogP contribution is 2.31. The topological polar surface area (TPSA) is 37.8 Å². The Labute approximate surface area is 118 Å². The Morgan fingerprint density at radius 1 is 1.21 bits per heavy atom. The Balaban J connectivity index is 2.26. The lowest BCUT2D eigenvalue weighted by molar-refractivity contribution is 0.629. The largest absolute Gasteiger partial charge is 0.373 e. The molecule has 2 aromatic heterocycles. The Kier molecular flexibility index (Phi) is 3.08. The fraction of sp³-hybridized carbons (Fsp3) is 0.0769. The Morgan fingerprint density at radius 3 is 2.74 bits per heavy atom. The van der Waals surface area contributed by atoms with Crippen LogP contribution in [0.3, 0.4) is 0 Å². The summed E-state index contributed by atoms with van der Waals surface area (Å²) in [6.07, 6.45) is 0. The van der Waals surface area contributed by atoms with Gasteiger partial charge in [0.05, 0.1) is 14.7 Å². The first-order valence-electron chi connectivity index (χ1n) is 5.58. The van der Waals surface area contributed by atoms with Gasteiger partial charge in [-0.1, -0.05) is 11.6 Å². The Morgan fingerprint density at radius 2 is 2.05 bits per heavy atom. The molecule has 96 valence electrons. The molecule has 0 aliphatic rings. The van der Waals surface area contributed by atoms with E-state index in [1.165, 1.54) is 23.5 Å². The second-order valence-corrected chi connectivity index (χ2v) is 5.63. The molecule has 0 saturated heterocycles. The van der Waals surface area contributed by atoms with Gasteiger partial charge >= 0.3 is 0 Å². The van der Waals surface area contributed by atoms with E-state index in [0.717, 1.165) is 10.3 Å². The summed E-state index contributed by atoms with van der Waals surface area (Å²) < 4.78 is 14.0. The van der Waals surface area contributed by atoms with Gasteiger partial charge in [0.25, 0.3) is 0 Å². The molecule has 0 amide bonds. The van der Waals surface area contributed by atoms with Crippen molar-refractivity contribution in [3.63, 3.8) is 0 Å². The van der Waals surface area contributed by atoms with Gasteiger partial charge in [-0.05, 0) is 24.3 Å². The van der Waals surface area contributed by atoms with Crippen LogP contribution in [0.15, 0.2) is 30.3 Å². The number of thiophene rings is 1. The minimum atomic E-state index is -0.316. The predicted octanol–water partition coefficient (Wildman–Crippen LogP) is 4.19. The van der Waals surface area contributed by atoms with Gasteiger partial charge < -0.3 is 5.32 Å². The van der Waals surface area contributed by atoms with E-state index in [0.29, 0.717) is 21.5 Å². The molecule has 3 nitrogen and oxygen atoms in total. The molecule has 0 aliphatic carbocycles. The van der Waals surface area contributed by atoms with Crippen molar-refractivity contribution >= 4 is 39.7 Å². The van der Waals surface area contributed by atoms with Gasteiger partial charge in [0.15, 0.2) is 5.82 Å². The molecule has 19 heavy (non-hydrogen) atoms. The molecule has 0 aliphatic heterocycles. The van der Waals surface area contributed by atoms with Crippen LogP contribution in [0.2, 0.25) is 4.34 Å². The van der Waals surface area contributed by atoms with Crippen LogP contribution in [-0.4, -0.2) is 17.0 Å². The number of anilines is 1. The summed E-state index contributed by atoms with van der Waals surface area (Å²) in [4.78, 5) is 9.68. The molecular weight excluding hydrogens is 285 g/mol. The van der Waals surface area contributed by atoms with Gasteiger partial charge in [-0.3, -0.25) is 0 Å². The Bertz CT molecular complexity index is 757. The highest BCUT2D eigenvalue weighted by Gasteiger charge is 2.10. The monoisotopic (exact) mass is 293 g/mol. The average molecular weight is 294 g/mol. The van der Waals surface area contributed by atoms with E-state index in [9.17, 15) is 4.39 Å². The zero-order chi connectivity index (χ0) is 13.4. The number of hydrogen-bond donors (Lipinski definition) is 1. The summed E-state index contributed by atoms with van der Waals surface area (Å²) in [6.45, 7) is 0. The van der Waals surface area contributed by atoms with Crippen molar-refractivity contribution in [2.75, 3.05) is 12.4 Å². The van der Waals surface area contributed by atoms with Crippen molar-refractivity contribution in [2.24, 2.45) is 0 Å². The Hall–Kier alpha value is -1.72. The summed E-state index contributed by atoms with van der Waals surface area (Å²) in [5, 5.41) is 3.79. The molecule has 0 unspecified atom stereocenters. The second kappa shape index (κ2) is 4.75. The maximum atomic E-state index is 13.3. The summed E-state index contributed by atoms with van der Waals surface area (Å²) in [7, 11) is 1.77. The number of fused-ring (bicyclic) bond motifs is 1. The fourth-order valence-electron chi connectivity index (χ4n) is 1.84. The number of nitrogens with one attached hydrogen (secondary N) is 1.